The molecule has 0 aliphatic heterocycles. The van der Waals surface area contributed by atoms with Crippen LogP contribution in [-0.2, 0) is 0 Å². The number of hydrogen-bond acceptors (Lipinski definition) is 4. The molecule has 0 fully saturated rings. The molecule has 0 bridgehead atoms. The summed E-state index contributed by atoms with van der Waals surface area (Å²) in [6, 6.07) is 0. The summed E-state index contributed by atoms with van der Waals surface area (Å²) in [5, 5.41) is 6.23. The second kappa shape index (κ2) is 3.83. The maximum Gasteiger partial charge on any atom is 0.265 e. The second-order valence-corrected chi connectivity index (χ2v) is 2.83. The molecule has 5 heteroatoms. The Kier molecular flexibility index (Phi) is 2.77. The molecule has 1 aromatic rings. The molecular formula is C7H7N3OS. The quantitative estimate of drug-likeness (QED) is 0.663. The highest BCUT2D eigenvalue weighted by Crippen LogP contribution is 2.07. The van der Waals surface area contributed by atoms with Crippen molar-refractivity contribution < 1.29 is 4.79 Å². The first-order chi connectivity index (χ1) is 5.75. The van der Waals surface area contributed by atoms with Crippen LogP contribution in [0.25, 0.3) is 0 Å². The van der Waals surface area contributed by atoms with E-state index in [9.17, 15) is 4.79 Å². The zero-order valence-electron chi connectivity index (χ0n) is 6.50. The van der Waals surface area contributed by atoms with Gasteiger partial charge >= 0.3 is 0 Å². The summed E-state index contributed by atoms with van der Waals surface area (Å²) in [4.78, 5) is 11.7. The Hall–Kier alpha value is -1.41. The maximum absolute atomic E-state index is 11.2. The predicted molar refractivity (Wildman–Crippen MR) is 45.8 cm³/mol. The van der Waals surface area contributed by atoms with Crippen molar-refractivity contribution >= 4 is 17.4 Å². The third kappa shape index (κ3) is 1.80. The van der Waals surface area contributed by atoms with E-state index in [0.717, 1.165) is 11.5 Å². The molecule has 0 atom stereocenters. The lowest BCUT2D eigenvalue weighted by atomic mass is 10.4. The molecule has 1 aromatic heterocycles. The molecular weight excluding hydrogens is 174 g/mol. The minimum absolute atomic E-state index is 0.208. The number of terminal acetylenes is 1. The third-order valence-corrected chi connectivity index (χ3v) is 2.04. The van der Waals surface area contributed by atoms with Gasteiger partial charge in [-0.3, -0.25) is 4.79 Å². The summed E-state index contributed by atoms with van der Waals surface area (Å²) in [6.07, 6.45) is 4.98. The SMILES string of the molecule is C#CCNC(=O)c1snnc1C. The Labute approximate surface area is 74.2 Å². The number of nitrogens with zero attached hydrogens (tertiary/aromatic N) is 2. The van der Waals surface area contributed by atoms with Crippen LogP contribution in [0.2, 0.25) is 0 Å². The highest BCUT2D eigenvalue weighted by Gasteiger charge is 2.11. The van der Waals surface area contributed by atoms with Crippen LogP contribution in [-0.4, -0.2) is 22.0 Å². The van der Waals surface area contributed by atoms with Crippen LogP contribution < -0.4 is 5.32 Å². The molecule has 1 rings (SSSR count). The van der Waals surface area contributed by atoms with Crippen molar-refractivity contribution in [1.82, 2.24) is 14.9 Å². The Morgan fingerprint density at radius 2 is 2.58 bits per heavy atom. The predicted octanol–water partition coefficient (Wildman–Crippen LogP) is 0.210. The van der Waals surface area contributed by atoms with E-state index >= 15 is 0 Å². The first kappa shape index (κ1) is 8.68. The van der Waals surface area contributed by atoms with E-state index < -0.39 is 0 Å². The number of aromatic nitrogens is 2. The molecule has 1 heterocycles. The van der Waals surface area contributed by atoms with Gasteiger partial charge in [0, 0.05) is 0 Å². The monoisotopic (exact) mass is 181 g/mol. The fourth-order valence-corrected chi connectivity index (χ4v) is 1.22. The summed E-state index contributed by atoms with van der Waals surface area (Å²) in [6.45, 7) is 1.96. The Bertz CT molecular complexity index is 326. The number of nitrogens with one attached hydrogen (secondary N) is 1. The van der Waals surface area contributed by atoms with Gasteiger partial charge < -0.3 is 5.32 Å². The minimum Gasteiger partial charge on any atom is -0.340 e. The molecule has 0 unspecified atom stereocenters. The standard InChI is InChI=1S/C7H7N3OS/c1-3-4-8-7(11)6-5(2)9-10-12-6/h1H,4H2,2H3,(H,8,11). The van der Waals surface area contributed by atoms with Crippen LogP contribution in [0.1, 0.15) is 15.4 Å². The first-order valence-corrected chi connectivity index (χ1v) is 4.03. The molecule has 0 aliphatic rings. The number of carbonyl (C=O) groups is 1. The molecule has 1 N–H and O–H groups in total. The molecule has 4 nitrogen and oxygen atoms in total. The lowest BCUT2D eigenvalue weighted by molar-refractivity contribution is 0.0962. The Balaban J connectivity index is 2.67. The molecule has 0 aromatic carbocycles. The van der Waals surface area contributed by atoms with Crippen molar-refractivity contribution in [3.8, 4) is 12.3 Å². The molecule has 0 saturated carbocycles. The lowest BCUT2D eigenvalue weighted by Gasteiger charge is -1.96. The van der Waals surface area contributed by atoms with Crippen molar-refractivity contribution in [2.24, 2.45) is 0 Å². The molecule has 0 saturated heterocycles. The molecule has 0 aliphatic carbocycles. The second-order valence-electron chi connectivity index (χ2n) is 2.07. The molecule has 0 radical (unpaired) electrons. The van der Waals surface area contributed by atoms with Crippen molar-refractivity contribution in [1.29, 1.82) is 0 Å². The van der Waals surface area contributed by atoms with Crippen LogP contribution in [0.5, 0.6) is 0 Å². The fourth-order valence-electron chi connectivity index (χ4n) is 0.651. The lowest BCUT2D eigenvalue weighted by Crippen LogP contribution is -2.23. The summed E-state index contributed by atoms with van der Waals surface area (Å²) in [7, 11) is 0. The number of amides is 1. The van der Waals surface area contributed by atoms with Gasteiger partial charge in [0.2, 0.25) is 0 Å². The van der Waals surface area contributed by atoms with Gasteiger partial charge in [-0.2, -0.15) is 0 Å². The van der Waals surface area contributed by atoms with Gasteiger partial charge in [-0.05, 0) is 18.5 Å². The zero-order valence-corrected chi connectivity index (χ0v) is 7.31. The van der Waals surface area contributed by atoms with Gasteiger partial charge in [-0.25, -0.2) is 0 Å². The zero-order chi connectivity index (χ0) is 8.97. The van der Waals surface area contributed by atoms with Crippen LogP contribution in [0.15, 0.2) is 0 Å². The van der Waals surface area contributed by atoms with Gasteiger partial charge in [0.25, 0.3) is 5.91 Å². The van der Waals surface area contributed by atoms with Crippen LogP contribution in [0.3, 0.4) is 0 Å². The first-order valence-electron chi connectivity index (χ1n) is 3.26. The number of rotatable bonds is 2. The van der Waals surface area contributed by atoms with E-state index in [4.69, 9.17) is 6.42 Å². The van der Waals surface area contributed by atoms with E-state index in [0.29, 0.717) is 10.6 Å². The van der Waals surface area contributed by atoms with Gasteiger partial charge in [-0.1, -0.05) is 10.4 Å². The van der Waals surface area contributed by atoms with Gasteiger partial charge in [0.1, 0.15) is 4.88 Å². The third-order valence-electron chi connectivity index (χ3n) is 1.21. The Morgan fingerprint density at radius 1 is 1.83 bits per heavy atom. The highest BCUT2D eigenvalue weighted by molar-refractivity contribution is 7.07. The molecule has 62 valence electrons. The average Bonchev–Trinajstić information content (AvgIpc) is 2.47. The highest BCUT2D eigenvalue weighted by atomic mass is 32.1. The average molecular weight is 181 g/mol. The van der Waals surface area contributed by atoms with Crippen molar-refractivity contribution in [2.75, 3.05) is 6.54 Å². The molecule has 12 heavy (non-hydrogen) atoms. The van der Waals surface area contributed by atoms with Crippen LogP contribution >= 0.6 is 11.5 Å². The van der Waals surface area contributed by atoms with Crippen molar-refractivity contribution in [2.45, 2.75) is 6.92 Å². The smallest absolute Gasteiger partial charge is 0.265 e. The molecule has 1 amide bonds. The summed E-state index contributed by atoms with van der Waals surface area (Å²) in [5.41, 5.74) is 0.634. The normalized spacial score (nSPS) is 9.00. The van der Waals surface area contributed by atoms with E-state index in [2.05, 4.69) is 20.8 Å². The topological polar surface area (TPSA) is 54.9 Å². The van der Waals surface area contributed by atoms with Crippen molar-refractivity contribution in [3.63, 3.8) is 0 Å². The largest absolute Gasteiger partial charge is 0.340 e. The maximum atomic E-state index is 11.2. The number of carbonyl (C=O) groups excluding carboxylic acids is 1. The molecule has 0 spiro atoms. The van der Waals surface area contributed by atoms with Crippen LogP contribution in [0, 0.1) is 19.3 Å². The van der Waals surface area contributed by atoms with E-state index in [1.165, 1.54) is 0 Å². The van der Waals surface area contributed by atoms with Gasteiger partial charge in [0.05, 0.1) is 12.2 Å². The van der Waals surface area contributed by atoms with E-state index in [1.54, 1.807) is 6.92 Å². The fraction of sp³-hybridized carbons (Fsp3) is 0.286. The number of aryl methyl sites for hydroxylation is 1. The Morgan fingerprint density at radius 3 is 3.08 bits per heavy atom. The minimum atomic E-state index is -0.208. The summed E-state index contributed by atoms with van der Waals surface area (Å²) in [5.74, 6) is 2.10. The van der Waals surface area contributed by atoms with E-state index in [-0.39, 0.29) is 12.5 Å². The number of hydrogen-bond donors (Lipinski definition) is 1. The summed E-state index contributed by atoms with van der Waals surface area (Å²) < 4.78 is 3.63. The van der Waals surface area contributed by atoms with Crippen molar-refractivity contribution in [3.05, 3.63) is 10.6 Å². The van der Waals surface area contributed by atoms with E-state index in [1.807, 2.05) is 0 Å². The van der Waals surface area contributed by atoms with Crippen LogP contribution in [0.4, 0.5) is 0 Å². The van der Waals surface area contributed by atoms with Gasteiger partial charge in [-0.15, -0.1) is 11.5 Å². The summed E-state index contributed by atoms with van der Waals surface area (Å²) >= 11 is 1.07. The van der Waals surface area contributed by atoms with Gasteiger partial charge in [0.15, 0.2) is 0 Å².